The molecule has 0 radical (unpaired) electrons. The molecule has 1 fully saturated rings. The van der Waals surface area contributed by atoms with Crippen LogP contribution in [-0.2, 0) is 11.2 Å². The molecule has 0 atom stereocenters. The second kappa shape index (κ2) is 8.75. The normalized spacial score (nSPS) is 15.3. The van der Waals surface area contributed by atoms with Crippen molar-refractivity contribution in [1.82, 2.24) is 15.1 Å². The maximum absolute atomic E-state index is 12.4. The smallest absolute Gasteiger partial charge is 0.277 e. The van der Waals surface area contributed by atoms with Gasteiger partial charge in [-0.25, -0.2) is 0 Å². The van der Waals surface area contributed by atoms with E-state index in [4.69, 9.17) is 16.0 Å². The van der Waals surface area contributed by atoms with Crippen LogP contribution in [0.4, 0.5) is 11.4 Å². The van der Waals surface area contributed by atoms with Gasteiger partial charge in [0, 0.05) is 37.6 Å². The highest BCUT2D eigenvalue weighted by Gasteiger charge is 2.18. The fraction of sp³-hybridized carbons (Fsp3) is 0.471. The number of hydrogen-bond acceptors (Lipinski definition) is 7. The zero-order valence-electron chi connectivity index (χ0n) is 14.9. The molecule has 9 heteroatoms. The molecule has 0 bridgehead atoms. The van der Waals surface area contributed by atoms with Crippen LogP contribution in [0, 0.1) is 0 Å². The topological polar surface area (TPSA) is 74.5 Å². The summed E-state index contributed by atoms with van der Waals surface area (Å²) < 4.78 is 5.41. The number of anilines is 2. The molecule has 1 amide bonds. The predicted molar refractivity (Wildman–Crippen MR) is 104 cm³/mol. The minimum atomic E-state index is -0.135. The maximum Gasteiger partial charge on any atom is 0.277 e. The lowest BCUT2D eigenvalue weighted by Gasteiger charge is -2.35. The van der Waals surface area contributed by atoms with Gasteiger partial charge in [0.15, 0.2) is 0 Å². The quantitative estimate of drug-likeness (QED) is 0.753. The number of aryl methyl sites for hydroxylation is 1. The number of amides is 1. The van der Waals surface area contributed by atoms with Crippen molar-refractivity contribution >= 4 is 40.6 Å². The monoisotopic (exact) mass is 395 g/mol. The van der Waals surface area contributed by atoms with E-state index in [0.717, 1.165) is 37.6 Å². The predicted octanol–water partition coefficient (Wildman–Crippen LogP) is 2.77. The number of aromatic nitrogens is 2. The van der Waals surface area contributed by atoms with Gasteiger partial charge >= 0.3 is 0 Å². The Morgan fingerprint density at radius 3 is 2.77 bits per heavy atom. The van der Waals surface area contributed by atoms with Gasteiger partial charge in [0.1, 0.15) is 0 Å². The summed E-state index contributed by atoms with van der Waals surface area (Å²) in [5, 5.41) is 11.8. The molecule has 1 N–H and O–H groups in total. The summed E-state index contributed by atoms with van der Waals surface area (Å²) in [6.45, 7) is 5.74. The first-order chi connectivity index (χ1) is 12.5. The summed E-state index contributed by atoms with van der Waals surface area (Å²) >= 11 is 7.36. The van der Waals surface area contributed by atoms with E-state index in [9.17, 15) is 4.79 Å². The highest BCUT2D eigenvalue weighted by Crippen LogP contribution is 2.30. The average Bonchev–Trinajstić information content (AvgIpc) is 3.09. The first-order valence-electron chi connectivity index (χ1n) is 8.53. The second-order valence-corrected chi connectivity index (χ2v) is 7.47. The summed E-state index contributed by atoms with van der Waals surface area (Å²) in [6.07, 6.45) is 0.677. The Kier molecular flexibility index (Phi) is 6.39. The Bertz CT molecular complexity index is 761. The zero-order valence-corrected chi connectivity index (χ0v) is 16.4. The van der Waals surface area contributed by atoms with Gasteiger partial charge in [0.05, 0.1) is 17.1 Å². The molecule has 1 aromatic heterocycles. The number of hydrogen-bond donors (Lipinski definition) is 1. The minimum absolute atomic E-state index is 0.135. The summed E-state index contributed by atoms with van der Waals surface area (Å²) in [7, 11) is 2.11. The number of carbonyl (C=O) groups is 1. The third-order valence-corrected chi connectivity index (χ3v) is 5.21. The van der Waals surface area contributed by atoms with Crippen molar-refractivity contribution in [1.29, 1.82) is 0 Å². The largest absolute Gasteiger partial charge is 0.416 e. The first kappa shape index (κ1) is 19.0. The van der Waals surface area contributed by atoms with E-state index >= 15 is 0 Å². The van der Waals surface area contributed by atoms with Crippen LogP contribution < -0.4 is 10.2 Å². The fourth-order valence-corrected chi connectivity index (χ4v) is 3.44. The van der Waals surface area contributed by atoms with Crippen LogP contribution in [0.2, 0.25) is 5.02 Å². The van der Waals surface area contributed by atoms with E-state index in [1.165, 1.54) is 11.8 Å². The van der Waals surface area contributed by atoms with Crippen molar-refractivity contribution in [3.8, 4) is 0 Å². The molecular weight excluding hydrogens is 374 g/mol. The number of nitrogens with one attached hydrogen (secondary N) is 1. The minimum Gasteiger partial charge on any atom is -0.416 e. The van der Waals surface area contributed by atoms with Gasteiger partial charge in [-0.05, 0) is 25.2 Å². The number of piperazine rings is 1. The lowest BCUT2D eigenvalue weighted by Crippen LogP contribution is -2.44. The van der Waals surface area contributed by atoms with E-state index in [0.29, 0.717) is 22.6 Å². The molecule has 2 heterocycles. The molecule has 1 aromatic carbocycles. The van der Waals surface area contributed by atoms with Crippen molar-refractivity contribution in [2.24, 2.45) is 0 Å². The zero-order chi connectivity index (χ0) is 18.5. The van der Waals surface area contributed by atoms with E-state index in [1.54, 1.807) is 6.07 Å². The number of rotatable bonds is 6. The van der Waals surface area contributed by atoms with Crippen LogP contribution in [0.3, 0.4) is 0 Å². The lowest BCUT2D eigenvalue weighted by molar-refractivity contribution is -0.113. The lowest BCUT2D eigenvalue weighted by atomic mass is 10.2. The number of benzene rings is 1. The molecule has 1 saturated heterocycles. The van der Waals surface area contributed by atoms with Crippen molar-refractivity contribution in [2.75, 3.05) is 49.2 Å². The van der Waals surface area contributed by atoms with Gasteiger partial charge in [0.25, 0.3) is 5.22 Å². The summed E-state index contributed by atoms with van der Waals surface area (Å²) in [4.78, 5) is 16.9. The Balaban J connectivity index is 1.64. The third-order valence-electron chi connectivity index (χ3n) is 4.15. The SMILES string of the molecule is CCc1nnc(SCC(=O)Nc2cc(Cl)ccc2N2CCN(C)CC2)o1. The van der Waals surface area contributed by atoms with E-state index in [1.807, 2.05) is 19.1 Å². The van der Waals surface area contributed by atoms with Gasteiger partial charge in [0.2, 0.25) is 11.8 Å². The molecule has 1 aliphatic heterocycles. The highest BCUT2D eigenvalue weighted by molar-refractivity contribution is 7.99. The van der Waals surface area contributed by atoms with Crippen molar-refractivity contribution in [3.05, 3.63) is 29.1 Å². The number of carbonyl (C=O) groups excluding carboxylic acids is 1. The van der Waals surface area contributed by atoms with Crippen LogP contribution in [0.15, 0.2) is 27.8 Å². The Hall–Kier alpha value is -1.77. The highest BCUT2D eigenvalue weighted by atomic mass is 35.5. The van der Waals surface area contributed by atoms with Gasteiger partial charge in [-0.3, -0.25) is 4.79 Å². The molecule has 7 nitrogen and oxygen atoms in total. The number of thioether (sulfide) groups is 1. The first-order valence-corrected chi connectivity index (χ1v) is 9.89. The number of likely N-dealkylation sites (N-methyl/N-ethyl adjacent to an activating group) is 1. The molecule has 0 spiro atoms. The molecule has 140 valence electrons. The molecule has 26 heavy (non-hydrogen) atoms. The summed E-state index contributed by atoms with van der Waals surface area (Å²) in [5.41, 5.74) is 1.72. The summed E-state index contributed by atoms with van der Waals surface area (Å²) in [6, 6.07) is 5.60. The summed E-state index contributed by atoms with van der Waals surface area (Å²) in [5.74, 6) is 0.629. The second-order valence-electron chi connectivity index (χ2n) is 6.10. The molecule has 3 rings (SSSR count). The van der Waals surface area contributed by atoms with Crippen LogP contribution in [0.5, 0.6) is 0 Å². The molecule has 0 unspecified atom stereocenters. The van der Waals surface area contributed by atoms with Crippen molar-refractivity contribution in [2.45, 2.75) is 18.6 Å². The Morgan fingerprint density at radius 1 is 1.31 bits per heavy atom. The average molecular weight is 396 g/mol. The van der Waals surface area contributed by atoms with Crippen LogP contribution in [0.25, 0.3) is 0 Å². The maximum atomic E-state index is 12.4. The van der Waals surface area contributed by atoms with Gasteiger partial charge < -0.3 is 19.5 Å². The van der Waals surface area contributed by atoms with Crippen LogP contribution in [-0.4, -0.2) is 60.0 Å². The fourth-order valence-electron chi connectivity index (χ4n) is 2.68. The Labute approximate surface area is 162 Å². The standard InChI is InChI=1S/C17H22ClN5O2S/c1-3-16-20-21-17(25-16)26-11-15(24)19-13-10-12(18)4-5-14(13)23-8-6-22(2)7-9-23/h4-5,10H,3,6-9,11H2,1-2H3,(H,19,24). The number of nitrogens with zero attached hydrogens (tertiary/aromatic N) is 4. The van der Waals surface area contributed by atoms with E-state index in [2.05, 4.69) is 32.4 Å². The molecule has 1 aliphatic rings. The van der Waals surface area contributed by atoms with Gasteiger partial charge in [-0.2, -0.15) is 0 Å². The van der Waals surface area contributed by atoms with E-state index in [-0.39, 0.29) is 11.7 Å². The van der Waals surface area contributed by atoms with Crippen molar-refractivity contribution in [3.63, 3.8) is 0 Å². The third kappa shape index (κ3) is 4.90. The molecule has 2 aromatic rings. The van der Waals surface area contributed by atoms with Gasteiger partial charge in [-0.15, -0.1) is 10.2 Å². The van der Waals surface area contributed by atoms with Crippen molar-refractivity contribution < 1.29 is 9.21 Å². The van der Waals surface area contributed by atoms with Crippen LogP contribution >= 0.6 is 23.4 Å². The molecular formula is C17H22ClN5O2S. The van der Waals surface area contributed by atoms with Gasteiger partial charge in [-0.1, -0.05) is 30.3 Å². The number of halogens is 1. The molecule has 0 saturated carbocycles. The molecule has 0 aliphatic carbocycles. The Morgan fingerprint density at radius 2 is 2.08 bits per heavy atom. The van der Waals surface area contributed by atoms with Crippen LogP contribution in [0.1, 0.15) is 12.8 Å². The van der Waals surface area contributed by atoms with E-state index < -0.39 is 0 Å².